The zero-order chi connectivity index (χ0) is 25.3. The fourth-order valence-corrected chi connectivity index (χ4v) is 4.57. The van der Waals surface area contributed by atoms with Crippen LogP contribution in [0.25, 0.3) is 33.1 Å². The molecule has 0 aliphatic rings. The molecule has 0 saturated heterocycles. The highest BCUT2D eigenvalue weighted by molar-refractivity contribution is 6.19. The molecule has 1 N–H and O–H groups in total. The molecule has 0 aliphatic carbocycles. The van der Waals surface area contributed by atoms with Gasteiger partial charge in [-0.3, -0.25) is 9.59 Å². The summed E-state index contributed by atoms with van der Waals surface area (Å²) in [5, 5.41) is 2.04. The Kier molecular flexibility index (Phi) is 6.99. The van der Waals surface area contributed by atoms with E-state index >= 15 is 0 Å². The highest BCUT2D eigenvalue weighted by atomic mass is 16.1. The van der Waals surface area contributed by atoms with Crippen molar-refractivity contribution in [3.05, 3.63) is 76.5 Å². The Bertz CT molecular complexity index is 1470. The quantitative estimate of drug-likeness (QED) is 0.232. The van der Waals surface area contributed by atoms with Crippen LogP contribution < -0.4 is 0 Å². The first kappa shape index (κ1) is 24.6. The van der Waals surface area contributed by atoms with Crippen molar-refractivity contribution < 1.29 is 9.59 Å². The van der Waals surface area contributed by atoms with Crippen molar-refractivity contribution in [2.75, 3.05) is 20.6 Å². The van der Waals surface area contributed by atoms with E-state index in [1.54, 1.807) is 0 Å². The number of fused-ring (bicyclic) bond motifs is 3. The number of rotatable bonds is 8. The molecule has 0 amide bonds. The van der Waals surface area contributed by atoms with E-state index in [1.165, 1.54) is 0 Å². The fraction of sp³-hybridized carbons (Fsp3) is 0.300. The van der Waals surface area contributed by atoms with Crippen LogP contribution in [0.3, 0.4) is 0 Å². The van der Waals surface area contributed by atoms with Crippen molar-refractivity contribution in [2.24, 2.45) is 0 Å². The number of hydrogen-bond donors (Lipinski definition) is 1. The summed E-state index contributed by atoms with van der Waals surface area (Å²) in [5.74, 6) is 0.121. The standard InChI is InChI=1S/C30H33N3O2/c1-7-26(34)22-12-8-11-21(15-22)24-16-23(29(35)19(3)10-9-13-33(5)6)20(4)28-27(24)25-14-18(2)17-31-30(25)32-28/h8,10-12,14-17H,7,9,13H2,1-6H3,(H,31,32)/b19-10-. The van der Waals surface area contributed by atoms with E-state index in [0.29, 0.717) is 17.5 Å². The van der Waals surface area contributed by atoms with E-state index < -0.39 is 0 Å². The molecule has 0 saturated carbocycles. The summed E-state index contributed by atoms with van der Waals surface area (Å²) in [6.45, 7) is 8.66. The summed E-state index contributed by atoms with van der Waals surface area (Å²) >= 11 is 0. The molecule has 0 spiro atoms. The minimum atomic E-state index is 0.0213. The van der Waals surface area contributed by atoms with Crippen molar-refractivity contribution in [1.29, 1.82) is 0 Å². The molecule has 2 aromatic heterocycles. The van der Waals surface area contributed by atoms with Crippen LogP contribution in [0.5, 0.6) is 0 Å². The lowest BCUT2D eigenvalue weighted by molar-refractivity contribution is 0.0986. The average Bonchev–Trinajstić information content (AvgIpc) is 3.22. The van der Waals surface area contributed by atoms with Crippen LogP contribution in [-0.4, -0.2) is 47.1 Å². The summed E-state index contributed by atoms with van der Waals surface area (Å²) < 4.78 is 0. The molecule has 5 nitrogen and oxygen atoms in total. The number of Topliss-reactive ketones (excluding diaryl/α,β-unsaturated/α-hetero) is 2. The number of benzene rings is 2. The van der Waals surface area contributed by atoms with Crippen LogP contribution in [0.15, 0.2) is 54.2 Å². The lowest BCUT2D eigenvalue weighted by Gasteiger charge is -2.13. The number of allylic oxidation sites excluding steroid dienone is 1. The summed E-state index contributed by atoms with van der Waals surface area (Å²) in [6.07, 6.45) is 5.12. The minimum absolute atomic E-state index is 0.0213. The van der Waals surface area contributed by atoms with Gasteiger partial charge in [-0.1, -0.05) is 31.2 Å². The van der Waals surface area contributed by atoms with E-state index in [-0.39, 0.29) is 11.6 Å². The molecule has 0 atom stereocenters. The Morgan fingerprint density at radius 2 is 1.89 bits per heavy atom. The minimum Gasteiger partial charge on any atom is -0.339 e. The number of carbonyl (C=O) groups is 2. The second-order valence-corrected chi connectivity index (χ2v) is 9.55. The van der Waals surface area contributed by atoms with Gasteiger partial charge < -0.3 is 9.88 Å². The largest absolute Gasteiger partial charge is 0.339 e. The molecule has 2 aromatic carbocycles. The van der Waals surface area contributed by atoms with E-state index in [9.17, 15) is 9.59 Å². The van der Waals surface area contributed by atoms with Crippen molar-refractivity contribution in [3.8, 4) is 11.1 Å². The number of ketones is 2. The molecule has 2 heterocycles. The lowest BCUT2D eigenvalue weighted by Crippen LogP contribution is -2.12. The summed E-state index contributed by atoms with van der Waals surface area (Å²) in [6, 6.07) is 11.8. The summed E-state index contributed by atoms with van der Waals surface area (Å²) in [4.78, 5) is 36.2. The van der Waals surface area contributed by atoms with Crippen LogP contribution in [0, 0.1) is 13.8 Å². The number of hydrogen-bond acceptors (Lipinski definition) is 4. The first-order chi connectivity index (χ1) is 16.7. The fourth-order valence-electron chi connectivity index (χ4n) is 4.57. The number of H-pyrrole nitrogens is 1. The average molecular weight is 468 g/mol. The highest BCUT2D eigenvalue weighted by Gasteiger charge is 2.21. The van der Waals surface area contributed by atoms with Crippen LogP contribution in [-0.2, 0) is 0 Å². The van der Waals surface area contributed by atoms with Crippen molar-refractivity contribution >= 4 is 33.5 Å². The number of carbonyl (C=O) groups excluding carboxylic acids is 2. The first-order valence-corrected chi connectivity index (χ1v) is 12.1. The number of pyridine rings is 1. The zero-order valence-electron chi connectivity index (χ0n) is 21.5. The van der Waals surface area contributed by atoms with Crippen LogP contribution in [0.1, 0.15) is 58.5 Å². The molecule has 180 valence electrons. The first-order valence-electron chi connectivity index (χ1n) is 12.1. The Labute approximate surface area is 206 Å². The van der Waals surface area contributed by atoms with Crippen LogP contribution in [0.2, 0.25) is 0 Å². The van der Waals surface area contributed by atoms with Crippen LogP contribution in [0.4, 0.5) is 0 Å². The molecular formula is C30H33N3O2. The molecule has 0 bridgehead atoms. The maximum Gasteiger partial charge on any atom is 0.188 e. The lowest BCUT2D eigenvalue weighted by atomic mass is 9.90. The molecule has 5 heteroatoms. The molecule has 0 radical (unpaired) electrons. The van der Waals surface area contributed by atoms with E-state index in [0.717, 1.165) is 62.7 Å². The predicted octanol–water partition coefficient (Wildman–Crippen LogP) is 6.67. The molecule has 0 aliphatic heterocycles. The smallest absolute Gasteiger partial charge is 0.188 e. The molecular weight excluding hydrogens is 434 g/mol. The van der Waals surface area contributed by atoms with E-state index in [4.69, 9.17) is 0 Å². The second-order valence-electron chi connectivity index (χ2n) is 9.55. The van der Waals surface area contributed by atoms with E-state index in [2.05, 4.69) is 20.9 Å². The Morgan fingerprint density at radius 1 is 1.11 bits per heavy atom. The number of aromatic amines is 1. The van der Waals surface area contributed by atoms with Crippen molar-refractivity contribution in [3.63, 3.8) is 0 Å². The Hall–Kier alpha value is -3.57. The topological polar surface area (TPSA) is 66.1 Å². The van der Waals surface area contributed by atoms with Gasteiger partial charge in [0.15, 0.2) is 11.6 Å². The van der Waals surface area contributed by atoms with Gasteiger partial charge in [0.1, 0.15) is 5.65 Å². The third-order valence-corrected chi connectivity index (χ3v) is 6.57. The maximum atomic E-state index is 13.6. The third kappa shape index (κ3) is 4.82. The molecule has 4 rings (SSSR count). The van der Waals surface area contributed by atoms with Gasteiger partial charge in [-0.15, -0.1) is 0 Å². The SMILES string of the molecule is CCC(=O)c1cccc(-c2cc(C(=O)/C(C)=C\CCN(C)C)c(C)c3[nH]c4ncc(C)cc4c23)c1. The Balaban J connectivity index is 1.97. The van der Waals surface area contributed by atoms with Gasteiger partial charge >= 0.3 is 0 Å². The Morgan fingerprint density at radius 3 is 2.60 bits per heavy atom. The number of nitrogens with zero attached hydrogens (tertiary/aromatic N) is 2. The highest BCUT2D eigenvalue weighted by Crippen LogP contribution is 2.38. The van der Waals surface area contributed by atoms with Crippen molar-refractivity contribution in [1.82, 2.24) is 14.9 Å². The predicted molar refractivity (Wildman–Crippen MR) is 144 cm³/mol. The molecule has 0 fully saturated rings. The summed E-state index contributed by atoms with van der Waals surface area (Å²) in [5.41, 5.74) is 7.61. The van der Waals surface area contributed by atoms with Gasteiger partial charge in [-0.25, -0.2) is 4.98 Å². The third-order valence-electron chi connectivity index (χ3n) is 6.57. The maximum absolute atomic E-state index is 13.6. The van der Waals surface area contributed by atoms with Gasteiger partial charge in [-0.05, 0) is 87.3 Å². The van der Waals surface area contributed by atoms with Gasteiger partial charge in [0.25, 0.3) is 0 Å². The zero-order valence-corrected chi connectivity index (χ0v) is 21.5. The number of nitrogens with one attached hydrogen (secondary N) is 1. The monoisotopic (exact) mass is 467 g/mol. The van der Waals surface area contributed by atoms with Crippen LogP contribution >= 0.6 is 0 Å². The van der Waals surface area contributed by atoms with Gasteiger partial charge in [0.2, 0.25) is 0 Å². The van der Waals surface area contributed by atoms with Crippen molar-refractivity contribution in [2.45, 2.75) is 40.5 Å². The van der Waals surface area contributed by atoms with Gasteiger partial charge in [-0.2, -0.15) is 0 Å². The van der Waals surface area contributed by atoms with Gasteiger partial charge in [0, 0.05) is 41.1 Å². The summed E-state index contributed by atoms with van der Waals surface area (Å²) in [7, 11) is 4.05. The normalized spacial score (nSPS) is 12.1. The number of aromatic nitrogens is 2. The molecule has 4 aromatic rings. The number of aryl methyl sites for hydroxylation is 2. The van der Waals surface area contributed by atoms with E-state index in [1.807, 2.05) is 84.4 Å². The second kappa shape index (κ2) is 9.96. The molecule has 0 unspecified atom stereocenters. The molecule has 35 heavy (non-hydrogen) atoms. The van der Waals surface area contributed by atoms with Gasteiger partial charge in [0.05, 0.1) is 5.52 Å².